The van der Waals surface area contributed by atoms with Gasteiger partial charge in [-0.1, -0.05) is 18.2 Å². The van der Waals surface area contributed by atoms with Gasteiger partial charge < -0.3 is 24.6 Å². The number of benzene rings is 2. The minimum atomic E-state index is -1.12. The van der Waals surface area contributed by atoms with Gasteiger partial charge in [0.2, 0.25) is 0 Å². The SMILES string of the molecule is Cc1c(NC(=O)OC(C)(C)C)ccc2oc(N[C@@H](Cc3c[nH]c4ccccc34)C(=O)O)nc(=O)c12. The summed E-state index contributed by atoms with van der Waals surface area (Å²) in [4.78, 5) is 43.9. The molecular weight excluding hydrogens is 452 g/mol. The van der Waals surface area contributed by atoms with Crippen LogP contribution in [-0.4, -0.2) is 38.8 Å². The molecule has 0 fully saturated rings. The van der Waals surface area contributed by atoms with Crippen LogP contribution in [0.1, 0.15) is 31.9 Å². The van der Waals surface area contributed by atoms with Gasteiger partial charge in [0, 0.05) is 29.2 Å². The summed E-state index contributed by atoms with van der Waals surface area (Å²) in [6.07, 6.45) is 1.24. The number of ether oxygens (including phenoxy) is 1. The van der Waals surface area contributed by atoms with Crippen LogP contribution < -0.4 is 16.2 Å². The van der Waals surface area contributed by atoms with Crippen LogP contribution in [0, 0.1) is 6.92 Å². The highest BCUT2D eigenvalue weighted by atomic mass is 16.6. The molecule has 4 aromatic rings. The van der Waals surface area contributed by atoms with E-state index < -0.39 is 29.3 Å². The number of aryl methyl sites for hydroxylation is 1. The summed E-state index contributed by atoms with van der Waals surface area (Å²) in [5.41, 5.74) is 1.44. The van der Waals surface area contributed by atoms with Crippen LogP contribution in [0.3, 0.4) is 0 Å². The highest BCUT2D eigenvalue weighted by Crippen LogP contribution is 2.26. The zero-order chi connectivity index (χ0) is 25.3. The first-order chi connectivity index (χ1) is 16.5. The number of carboxylic acids is 1. The van der Waals surface area contributed by atoms with Crippen LogP contribution in [0.5, 0.6) is 0 Å². The fourth-order valence-electron chi connectivity index (χ4n) is 3.79. The van der Waals surface area contributed by atoms with Crippen molar-refractivity contribution in [1.29, 1.82) is 0 Å². The van der Waals surface area contributed by atoms with Gasteiger partial charge >= 0.3 is 12.1 Å². The Morgan fingerprint density at radius 2 is 1.94 bits per heavy atom. The van der Waals surface area contributed by atoms with Crippen LogP contribution in [0.25, 0.3) is 21.9 Å². The molecule has 0 radical (unpaired) electrons. The predicted octanol–water partition coefficient (Wildman–Crippen LogP) is 4.43. The Hall–Kier alpha value is -4.34. The Morgan fingerprint density at radius 3 is 2.66 bits per heavy atom. The standard InChI is InChI=1S/C25H26N4O6/c1-13-16(28-24(33)35-25(2,3)4)9-10-19-20(13)21(30)29-23(34-19)27-18(22(31)32)11-14-12-26-17-8-6-5-7-15(14)17/h5-10,12,18,26H,11H2,1-4H3,(H,28,33)(H,31,32)(H,27,29,30)/t18-/m0/s1. The Balaban J connectivity index is 1.60. The zero-order valence-corrected chi connectivity index (χ0v) is 19.8. The van der Waals surface area contributed by atoms with Gasteiger partial charge in [0.25, 0.3) is 11.6 Å². The van der Waals surface area contributed by atoms with E-state index in [1.54, 1.807) is 40.0 Å². The van der Waals surface area contributed by atoms with Gasteiger partial charge in [-0.05, 0) is 57.0 Å². The third-order valence-electron chi connectivity index (χ3n) is 5.38. The molecular formula is C25H26N4O6. The van der Waals surface area contributed by atoms with Crippen molar-refractivity contribution in [2.24, 2.45) is 0 Å². The molecule has 0 unspecified atom stereocenters. The van der Waals surface area contributed by atoms with Crippen molar-refractivity contribution in [2.45, 2.75) is 45.8 Å². The molecule has 10 heteroatoms. The zero-order valence-electron chi connectivity index (χ0n) is 19.8. The molecule has 35 heavy (non-hydrogen) atoms. The van der Waals surface area contributed by atoms with E-state index in [1.165, 1.54) is 6.07 Å². The Labute approximate surface area is 200 Å². The number of amides is 1. The summed E-state index contributed by atoms with van der Waals surface area (Å²) >= 11 is 0. The number of hydrogen-bond acceptors (Lipinski definition) is 7. The lowest BCUT2D eigenvalue weighted by atomic mass is 10.1. The second kappa shape index (κ2) is 9.13. The topological polar surface area (TPSA) is 147 Å². The summed E-state index contributed by atoms with van der Waals surface area (Å²) in [5, 5.41) is 16.2. The number of carbonyl (C=O) groups excluding carboxylic acids is 1. The highest BCUT2D eigenvalue weighted by molar-refractivity contribution is 5.92. The van der Waals surface area contributed by atoms with Gasteiger partial charge in [0.15, 0.2) is 0 Å². The number of carboxylic acid groups (broad SMARTS) is 1. The molecule has 0 saturated heterocycles. The summed E-state index contributed by atoms with van der Waals surface area (Å²) < 4.78 is 11.0. The van der Waals surface area contributed by atoms with E-state index in [-0.39, 0.29) is 23.4 Å². The van der Waals surface area contributed by atoms with E-state index in [1.807, 2.05) is 24.3 Å². The van der Waals surface area contributed by atoms with Crippen molar-refractivity contribution in [1.82, 2.24) is 9.97 Å². The molecule has 2 aromatic heterocycles. The maximum atomic E-state index is 12.8. The van der Waals surface area contributed by atoms with Crippen molar-refractivity contribution in [3.05, 3.63) is 64.1 Å². The lowest BCUT2D eigenvalue weighted by Crippen LogP contribution is -2.32. The van der Waals surface area contributed by atoms with Crippen molar-refractivity contribution in [3.63, 3.8) is 0 Å². The summed E-state index contributed by atoms with van der Waals surface area (Å²) in [6, 6.07) is 9.37. The predicted molar refractivity (Wildman–Crippen MR) is 132 cm³/mol. The molecule has 2 aromatic carbocycles. The smallest absolute Gasteiger partial charge is 0.412 e. The maximum Gasteiger partial charge on any atom is 0.412 e. The second-order valence-corrected chi connectivity index (χ2v) is 9.16. The molecule has 0 aliphatic heterocycles. The molecule has 1 atom stereocenters. The average Bonchev–Trinajstić information content (AvgIpc) is 3.16. The van der Waals surface area contributed by atoms with E-state index in [4.69, 9.17) is 9.15 Å². The molecule has 0 bridgehead atoms. The van der Waals surface area contributed by atoms with E-state index in [2.05, 4.69) is 20.6 Å². The molecule has 0 saturated carbocycles. The number of aliphatic carboxylic acids is 1. The van der Waals surface area contributed by atoms with E-state index in [0.29, 0.717) is 11.3 Å². The van der Waals surface area contributed by atoms with Crippen molar-refractivity contribution < 1.29 is 23.8 Å². The van der Waals surface area contributed by atoms with Gasteiger partial charge in [-0.2, -0.15) is 4.98 Å². The number of rotatable bonds is 6. The number of nitrogens with zero attached hydrogens (tertiary/aromatic N) is 1. The molecule has 1 amide bonds. The number of para-hydroxylation sites is 1. The molecule has 4 N–H and O–H groups in total. The van der Waals surface area contributed by atoms with Gasteiger partial charge in [0.1, 0.15) is 17.2 Å². The normalized spacial score (nSPS) is 12.5. The number of hydrogen-bond donors (Lipinski definition) is 4. The fourth-order valence-corrected chi connectivity index (χ4v) is 3.79. The number of anilines is 2. The van der Waals surface area contributed by atoms with Gasteiger partial charge in [-0.25, -0.2) is 9.59 Å². The minimum absolute atomic E-state index is 0.139. The molecule has 10 nitrogen and oxygen atoms in total. The first-order valence-electron chi connectivity index (χ1n) is 11.0. The lowest BCUT2D eigenvalue weighted by molar-refractivity contribution is -0.137. The minimum Gasteiger partial charge on any atom is -0.480 e. The number of carbonyl (C=O) groups is 2. The average molecular weight is 479 g/mol. The van der Waals surface area contributed by atoms with Crippen LogP contribution in [0.4, 0.5) is 16.5 Å². The quantitative estimate of drug-likeness (QED) is 0.318. The Morgan fingerprint density at radius 1 is 1.20 bits per heavy atom. The van der Waals surface area contributed by atoms with Crippen molar-refractivity contribution >= 4 is 45.6 Å². The Kier molecular flexibility index (Phi) is 6.21. The molecule has 2 heterocycles. The second-order valence-electron chi connectivity index (χ2n) is 9.16. The first-order valence-corrected chi connectivity index (χ1v) is 11.0. The van der Waals surface area contributed by atoms with E-state index >= 15 is 0 Å². The number of H-pyrrole nitrogens is 1. The van der Waals surface area contributed by atoms with Gasteiger partial charge in [-0.15, -0.1) is 0 Å². The lowest BCUT2D eigenvalue weighted by Gasteiger charge is -2.20. The molecule has 0 aliphatic carbocycles. The summed E-state index contributed by atoms with van der Waals surface area (Å²) in [5.74, 6) is -1.12. The van der Waals surface area contributed by atoms with E-state index in [0.717, 1.165) is 16.5 Å². The third kappa shape index (κ3) is 5.26. The number of nitrogens with one attached hydrogen (secondary N) is 3. The summed E-state index contributed by atoms with van der Waals surface area (Å²) in [7, 11) is 0. The first kappa shape index (κ1) is 23.8. The largest absolute Gasteiger partial charge is 0.480 e. The van der Waals surface area contributed by atoms with Gasteiger partial charge in [0.05, 0.1) is 5.39 Å². The van der Waals surface area contributed by atoms with Crippen molar-refractivity contribution in [3.8, 4) is 0 Å². The van der Waals surface area contributed by atoms with E-state index in [9.17, 15) is 19.5 Å². The third-order valence-corrected chi connectivity index (χ3v) is 5.38. The number of fused-ring (bicyclic) bond motifs is 2. The highest BCUT2D eigenvalue weighted by Gasteiger charge is 2.23. The number of aromatic nitrogens is 2. The van der Waals surface area contributed by atoms with Crippen molar-refractivity contribution in [2.75, 3.05) is 10.6 Å². The van der Waals surface area contributed by atoms with Crippen LogP contribution in [-0.2, 0) is 16.0 Å². The Bertz CT molecular complexity index is 1480. The fraction of sp³-hybridized carbons (Fsp3) is 0.280. The number of aromatic amines is 1. The van der Waals surface area contributed by atoms with Crippen LogP contribution in [0.2, 0.25) is 0 Å². The summed E-state index contributed by atoms with van der Waals surface area (Å²) in [6.45, 7) is 6.89. The van der Waals surface area contributed by atoms with Crippen LogP contribution in [0.15, 0.2) is 51.8 Å². The molecule has 182 valence electrons. The monoisotopic (exact) mass is 478 g/mol. The molecule has 4 rings (SSSR count). The van der Waals surface area contributed by atoms with Crippen LogP contribution >= 0.6 is 0 Å². The maximum absolute atomic E-state index is 12.8. The molecule has 0 aliphatic rings. The van der Waals surface area contributed by atoms with Gasteiger partial charge in [-0.3, -0.25) is 10.1 Å². The molecule has 0 spiro atoms.